The van der Waals surface area contributed by atoms with E-state index in [9.17, 15) is 4.79 Å². The van der Waals surface area contributed by atoms with Crippen LogP contribution in [0.5, 0.6) is 0 Å². The molecule has 1 aromatic heterocycles. The van der Waals surface area contributed by atoms with E-state index in [0.29, 0.717) is 18.8 Å². The van der Waals surface area contributed by atoms with Crippen LogP contribution in [0.25, 0.3) is 0 Å². The van der Waals surface area contributed by atoms with Gasteiger partial charge >= 0.3 is 0 Å². The first kappa shape index (κ1) is 19.0. The summed E-state index contributed by atoms with van der Waals surface area (Å²) in [6.07, 6.45) is 3.36. The summed E-state index contributed by atoms with van der Waals surface area (Å²) in [5, 5.41) is 3.22. The van der Waals surface area contributed by atoms with E-state index in [-0.39, 0.29) is 17.4 Å². The number of furan rings is 1. The largest absolute Gasteiger partial charge is 0.466 e. The number of carbonyl (C=O) groups excluding carboxylic acids is 1. The van der Waals surface area contributed by atoms with Gasteiger partial charge in [0.25, 0.3) is 0 Å². The topological polar surface area (TPSA) is 45.5 Å². The molecule has 4 nitrogen and oxygen atoms in total. The van der Waals surface area contributed by atoms with Crippen molar-refractivity contribution in [1.82, 2.24) is 10.2 Å². The monoisotopic (exact) mass is 334 g/mol. The molecular weight excluding hydrogens is 300 g/mol. The maximum atomic E-state index is 12.4. The van der Waals surface area contributed by atoms with Crippen molar-refractivity contribution in [1.29, 1.82) is 0 Å². The molecule has 1 aromatic rings. The third kappa shape index (κ3) is 5.66. The number of hydrogen-bond acceptors (Lipinski definition) is 3. The Balaban J connectivity index is 1.80. The van der Waals surface area contributed by atoms with Gasteiger partial charge < -0.3 is 14.6 Å². The molecule has 0 saturated heterocycles. The summed E-state index contributed by atoms with van der Waals surface area (Å²) in [6.45, 7) is 9.78. The van der Waals surface area contributed by atoms with Crippen LogP contribution in [-0.4, -0.2) is 37.5 Å². The van der Waals surface area contributed by atoms with Crippen molar-refractivity contribution in [2.45, 2.75) is 65.3 Å². The molecule has 0 aliphatic heterocycles. The number of carbonyl (C=O) groups is 1. The first-order valence-electron chi connectivity index (χ1n) is 9.19. The highest BCUT2D eigenvalue weighted by molar-refractivity contribution is 5.76. The zero-order valence-corrected chi connectivity index (χ0v) is 16.2. The van der Waals surface area contributed by atoms with E-state index in [2.05, 4.69) is 58.1 Å². The van der Waals surface area contributed by atoms with Gasteiger partial charge in [-0.05, 0) is 56.9 Å². The Morgan fingerprint density at radius 3 is 2.58 bits per heavy atom. The molecular formula is C20H34N2O2. The van der Waals surface area contributed by atoms with Crippen LogP contribution >= 0.6 is 0 Å². The van der Waals surface area contributed by atoms with Gasteiger partial charge in [-0.15, -0.1) is 0 Å². The van der Waals surface area contributed by atoms with Crippen LogP contribution in [0.3, 0.4) is 0 Å². The Bertz CT molecular complexity index is 542. The summed E-state index contributed by atoms with van der Waals surface area (Å²) in [5.41, 5.74) is 0.0611. The van der Waals surface area contributed by atoms with Gasteiger partial charge in [-0.1, -0.05) is 27.7 Å². The van der Waals surface area contributed by atoms with E-state index in [1.807, 2.05) is 6.07 Å². The number of rotatable bonds is 8. The molecule has 1 amide bonds. The van der Waals surface area contributed by atoms with Crippen molar-refractivity contribution < 1.29 is 9.21 Å². The van der Waals surface area contributed by atoms with Crippen LogP contribution in [0.4, 0.5) is 0 Å². The maximum absolute atomic E-state index is 12.4. The predicted octanol–water partition coefficient (Wildman–Crippen LogP) is 3.82. The molecule has 1 aliphatic carbocycles. The lowest BCUT2D eigenvalue weighted by Gasteiger charge is -2.32. The standard InChI is InChI=1S/C20H34N2O2/c1-14-13-16(14)17-9-7-15(24-17)8-10-19(23)21-18(20(2,3)4)11-12-22(5)6/h7,9,14,16,18H,8,10-13H2,1-6H3,(H,21,23)/t14-,16-,18+/m1/s1. The molecule has 2 rings (SSSR count). The van der Waals surface area contributed by atoms with E-state index < -0.39 is 0 Å². The fourth-order valence-electron chi connectivity index (χ4n) is 3.06. The lowest BCUT2D eigenvalue weighted by atomic mass is 9.84. The molecule has 24 heavy (non-hydrogen) atoms. The summed E-state index contributed by atoms with van der Waals surface area (Å²) in [5.74, 6) is 3.49. The minimum atomic E-state index is 0.0611. The Kier molecular flexibility index (Phi) is 6.13. The van der Waals surface area contributed by atoms with Crippen LogP contribution in [0.15, 0.2) is 16.5 Å². The highest BCUT2D eigenvalue weighted by Crippen LogP contribution is 2.47. The highest BCUT2D eigenvalue weighted by atomic mass is 16.3. The van der Waals surface area contributed by atoms with E-state index in [0.717, 1.165) is 30.4 Å². The van der Waals surface area contributed by atoms with Crippen LogP contribution in [0, 0.1) is 11.3 Å². The second kappa shape index (κ2) is 7.73. The SMILES string of the molecule is C[C@@H]1C[C@H]1c1ccc(CCC(=O)N[C@@H](CCN(C)C)C(C)(C)C)o1. The van der Waals surface area contributed by atoms with Crippen LogP contribution in [0.1, 0.15) is 64.4 Å². The van der Waals surface area contributed by atoms with Gasteiger partial charge in [-0.2, -0.15) is 0 Å². The number of aryl methyl sites for hydroxylation is 1. The van der Waals surface area contributed by atoms with Crippen LogP contribution < -0.4 is 5.32 Å². The Labute approximate surface area is 147 Å². The molecule has 0 unspecified atom stereocenters. The second-order valence-electron chi connectivity index (χ2n) is 8.70. The molecule has 0 aromatic carbocycles. The number of nitrogens with zero attached hydrogens (tertiary/aromatic N) is 1. The minimum Gasteiger partial charge on any atom is -0.466 e. The first-order valence-corrected chi connectivity index (χ1v) is 9.19. The Morgan fingerprint density at radius 2 is 2.04 bits per heavy atom. The van der Waals surface area contributed by atoms with E-state index in [1.54, 1.807) is 0 Å². The summed E-state index contributed by atoms with van der Waals surface area (Å²) in [4.78, 5) is 14.5. The molecule has 0 bridgehead atoms. The van der Waals surface area contributed by atoms with Gasteiger partial charge in [0.2, 0.25) is 5.91 Å². The van der Waals surface area contributed by atoms with Crippen molar-refractivity contribution >= 4 is 5.91 Å². The highest BCUT2D eigenvalue weighted by Gasteiger charge is 2.36. The molecule has 4 heteroatoms. The Hall–Kier alpha value is -1.29. The third-order valence-electron chi connectivity index (χ3n) is 5.00. The summed E-state index contributed by atoms with van der Waals surface area (Å²) in [6, 6.07) is 4.30. The predicted molar refractivity (Wildman–Crippen MR) is 98.1 cm³/mol. The minimum absolute atomic E-state index is 0.0611. The molecule has 0 radical (unpaired) electrons. The molecule has 1 fully saturated rings. The molecule has 136 valence electrons. The van der Waals surface area contributed by atoms with E-state index >= 15 is 0 Å². The number of amides is 1. The molecule has 1 heterocycles. The average molecular weight is 335 g/mol. The quantitative estimate of drug-likeness (QED) is 0.786. The van der Waals surface area contributed by atoms with Crippen LogP contribution in [0.2, 0.25) is 0 Å². The third-order valence-corrected chi connectivity index (χ3v) is 5.00. The van der Waals surface area contributed by atoms with Crippen LogP contribution in [-0.2, 0) is 11.2 Å². The number of hydrogen-bond donors (Lipinski definition) is 1. The summed E-state index contributed by atoms with van der Waals surface area (Å²) < 4.78 is 5.89. The van der Waals surface area contributed by atoms with Gasteiger partial charge in [-0.3, -0.25) is 4.79 Å². The average Bonchev–Trinajstić information content (AvgIpc) is 3.01. The summed E-state index contributed by atoms with van der Waals surface area (Å²) in [7, 11) is 4.13. The molecule has 1 saturated carbocycles. The fourth-order valence-corrected chi connectivity index (χ4v) is 3.06. The van der Waals surface area contributed by atoms with Crippen molar-refractivity contribution in [3.05, 3.63) is 23.7 Å². The van der Waals surface area contributed by atoms with E-state index in [1.165, 1.54) is 6.42 Å². The zero-order valence-electron chi connectivity index (χ0n) is 16.2. The van der Waals surface area contributed by atoms with E-state index in [4.69, 9.17) is 4.42 Å². The van der Waals surface area contributed by atoms with Gasteiger partial charge in [0.1, 0.15) is 11.5 Å². The van der Waals surface area contributed by atoms with Crippen molar-refractivity contribution in [3.63, 3.8) is 0 Å². The van der Waals surface area contributed by atoms with Crippen molar-refractivity contribution in [3.8, 4) is 0 Å². The van der Waals surface area contributed by atoms with Gasteiger partial charge in [0.05, 0.1) is 0 Å². The first-order chi connectivity index (χ1) is 11.2. The molecule has 1 aliphatic rings. The van der Waals surface area contributed by atoms with Crippen molar-refractivity contribution in [2.24, 2.45) is 11.3 Å². The van der Waals surface area contributed by atoms with Gasteiger partial charge in [-0.25, -0.2) is 0 Å². The molecule has 0 spiro atoms. The Morgan fingerprint density at radius 1 is 1.38 bits per heavy atom. The zero-order chi connectivity index (χ0) is 17.9. The fraction of sp³-hybridized carbons (Fsp3) is 0.750. The lowest BCUT2D eigenvalue weighted by Crippen LogP contribution is -2.45. The number of nitrogens with one attached hydrogen (secondary N) is 1. The molecule has 1 N–H and O–H groups in total. The van der Waals surface area contributed by atoms with Gasteiger partial charge in [0, 0.05) is 24.8 Å². The maximum Gasteiger partial charge on any atom is 0.220 e. The normalized spacial score (nSPS) is 21.8. The van der Waals surface area contributed by atoms with Gasteiger partial charge in [0.15, 0.2) is 0 Å². The second-order valence-corrected chi connectivity index (χ2v) is 8.70. The smallest absolute Gasteiger partial charge is 0.220 e. The summed E-state index contributed by atoms with van der Waals surface area (Å²) >= 11 is 0. The lowest BCUT2D eigenvalue weighted by molar-refractivity contribution is -0.122. The van der Waals surface area contributed by atoms with Crippen molar-refractivity contribution in [2.75, 3.05) is 20.6 Å². The molecule has 3 atom stereocenters.